The second kappa shape index (κ2) is 7.66. The molecular weight excluding hydrogens is 236 g/mol. The quantitative estimate of drug-likeness (QED) is 0.712. The predicted molar refractivity (Wildman–Crippen MR) is 78.4 cm³/mol. The van der Waals surface area contributed by atoms with Crippen molar-refractivity contribution in [3.8, 4) is 0 Å². The summed E-state index contributed by atoms with van der Waals surface area (Å²) >= 11 is 0. The summed E-state index contributed by atoms with van der Waals surface area (Å²) < 4.78 is 11.7. The van der Waals surface area contributed by atoms with Crippen LogP contribution >= 0.6 is 0 Å². The highest BCUT2D eigenvalue weighted by Crippen LogP contribution is 2.24. The van der Waals surface area contributed by atoms with Crippen LogP contribution < -0.4 is 0 Å². The minimum Gasteiger partial charge on any atom is -0.373 e. The molecule has 0 aromatic heterocycles. The van der Waals surface area contributed by atoms with E-state index in [0.717, 1.165) is 13.0 Å². The standard InChI is InChI=1S/C17H26O2/c1-3-5-6-7-14-8-10-15(11-9-14)17-13-18-16(4-2)12-19-17/h8-11,16-17H,3-7,12-13H2,1-2H3/t16-,17-/m1/s1. The maximum Gasteiger partial charge on any atom is 0.106 e. The van der Waals surface area contributed by atoms with Crippen LogP contribution in [0.5, 0.6) is 0 Å². The predicted octanol–water partition coefficient (Wildman–Crippen LogP) is 4.29. The molecule has 2 atom stereocenters. The molecule has 1 aliphatic heterocycles. The molecular formula is C17H26O2. The Morgan fingerprint density at radius 1 is 1.00 bits per heavy atom. The number of hydrogen-bond acceptors (Lipinski definition) is 2. The first kappa shape index (κ1) is 14.5. The molecule has 1 saturated heterocycles. The molecule has 2 rings (SSSR count). The molecule has 2 heteroatoms. The maximum atomic E-state index is 5.88. The van der Waals surface area contributed by atoms with Gasteiger partial charge >= 0.3 is 0 Å². The first-order chi connectivity index (χ1) is 9.33. The molecule has 1 fully saturated rings. The van der Waals surface area contributed by atoms with Crippen LogP contribution in [-0.4, -0.2) is 19.3 Å². The second-order valence-corrected chi connectivity index (χ2v) is 5.38. The van der Waals surface area contributed by atoms with E-state index in [-0.39, 0.29) is 12.2 Å². The van der Waals surface area contributed by atoms with E-state index in [0.29, 0.717) is 6.61 Å². The summed E-state index contributed by atoms with van der Waals surface area (Å²) in [5.74, 6) is 0. The molecule has 19 heavy (non-hydrogen) atoms. The van der Waals surface area contributed by atoms with Gasteiger partial charge in [-0.2, -0.15) is 0 Å². The van der Waals surface area contributed by atoms with Crippen molar-refractivity contribution in [1.82, 2.24) is 0 Å². The van der Waals surface area contributed by atoms with Gasteiger partial charge in [0, 0.05) is 0 Å². The Morgan fingerprint density at radius 2 is 1.79 bits per heavy atom. The number of benzene rings is 1. The normalized spacial score (nSPS) is 23.5. The summed E-state index contributed by atoms with van der Waals surface area (Å²) in [6.45, 7) is 5.79. The fraction of sp³-hybridized carbons (Fsp3) is 0.647. The van der Waals surface area contributed by atoms with E-state index in [9.17, 15) is 0 Å². The third-order valence-electron chi connectivity index (χ3n) is 3.84. The first-order valence-corrected chi connectivity index (χ1v) is 7.65. The van der Waals surface area contributed by atoms with Crippen molar-refractivity contribution in [2.24, 2.45) is 0 Å². The Hall–Kier alpha value is -0.860. The Bertz CT molecular complexity index is 350. The molecule has 0 N–H and O–H groups in total. The Morgan fingerprint density at radius 3 is 2.37 bits per heavy atom. The van der Waals surface area contributed by atoms with E-state index in [4.69, 9.17) is 9.47 Å². The van der Waals surface area contributed by atoms with Crippen LogP contribution in [0.1, 0.15) is 56.8 Å². The maximum absolute atomic E-state index is 5.88. The van der Waals surface area contributed by atoms with E-state index in [1.165, 1.54) is 36.8 Å². The molecule has 1 aromatic rings. The van der Waals surface area contributed by atoms with Crippen molar-refractivity contribution in [2.75, 3.05) is 13.2 Å². The summed E-state index contributed by atoms with van der Waals surface area (Å²) in [6.07, 6.45) is 6.51. The lowest BCUT2D eigenvalue weighted by atomic mass is 10.0. The van der Waals surface area contributed by atoms with E-state index >= 15 is 0 Å². The zero-order valence-electron chi connectivity index (χ0n) is 12.2. The molecule has 1 aromatic carbocycles. The molecule has 1 aliphatic rings. The third-order valence-corrected chi connectivity index (χ3v) is 3.84. The van der Waals surface area contributed by atoms with Crippen LogP contribution in [-0.2, 0) is 15.9 Å². The van der Waals surface area contributed by atoms with Gasteiger partial charge in [-0.15, -0.1) is 0 Å². The number of ether oxygens (including phenoxy) is 2. The van der Waals surface area contributed by atoms with Gasteiger partial charge < -0.3 is 9.47 Å². The fourth-order valence-corrected chi connectivity index (χ4v) is 2.45. The lowest BCUT2D eigenvalue weighted by molar-refractivity contribution is -0.135. The van der Waals surface area contributed by atoms with Crippen molar-refractivity contribution < 1.29 is 9.47 Å². The van der Waals surface area contributed by atoms with Gasteiger partial charge in [-0.1, -0.05) is 51.0 Å². The van der Waals surface area contributed by atoms with Gasteiger partial charge in [0.25, 0.3) is 0 Å². The van der Waals surface area contributed by atoms with Crippen LogP contribution in [0.3, 0.4) is 0 Å². The number of rotatable bonds is 6. The summed E-state index contributed by atoms with van der Waals surface area (Å²) in [6, 6.07) is 8.86. The van der Waals surface area contributed by atoms with E-state index in [1.807, 2.05) is 0 Å². The topological polar surface area (TPSA) is 18.5 Å². The highest BCUT2D eigenvalue weighted by atomic mass is 16.6. The average Bonchev–Trinajstić information content (AvgIpc) is 2.48. The first-order valence-electron chi connectivity index (χ1n) is 7.65. The molecule has 0 aliphatic carbocycles. The molecule has 0 spiro atoms. The molecule has 0 radical (unpaired) electrons. The Kier molecular flexibility index (Phi) is 5.87. The zero-order valence-corrected chi connectivity index (χ0v) is 12.2. The Labute approximate surface area is 117 Å². The van der Waals surface area contributed by atoms with Gasteiger partial charge in [0.15, 0.2) is 0 Å². The molecule has 0 unspecified atom stereocenters. The number of unbranched alkanes of at least 4 members (excludes halogenated alkanes) is 2. The van der Waals surface area contributed by atoms with Gasteiger partial charge in [-0.3, -0.25) is 0 Å². The van der Waals surface area contributed by atoms with E-state index < -0.39 is 0 Å². The summed E-state index contributed by atoms with van der Waals surface area (Å²) in [5, 5.41) is 0. The summed E-state index contributed by atoms with van der Waals surface area (Å²) in [5.41, 5.74) is 2.68. The minimum atomic E-state index is 0.118. The molecule has 106 valence electrons. The number of aryl methyl sites for hydroxylation is 1. The molecule has 0 amide bonds. The van der Waals surface area contributed by atoms with Crippen LogP contribution in [0.2, 0.25) is 0 Å². The largest absolute Gasteiger partial charge is 0.373 e. The van der Waals surface area contributed by atoms with Crippen LogP contribution in [0.4, 0.5) is 0 Å². The van der Waals surface area contributed by atoms with Gasteiger partial charge in [0.1, 0.15) is 6.10 Å². The van der Waals surface area contributed by atoms with Crippen LogP contribution in [0, 0.1) is 0 Å². The van der Waals surface area contributed by atoms with Crippen molar-refractivity contribution in [3.05, 3.63) is 35.4 Å². The van der Waals surface area contributed by atoms with Gasteiger partial charge in [-0.05, 0) is 30.4 Å². The monoisotopic (exact) mass is 262 g/mol. The minimum absolute atomic E-state index is 0.118. The molecule has 2 nitrogen and oxygen atoms in total. The SMILES string of the molecule is CCCCCc1ccc([C@H]2CO[C@H](CC)CO2)cc1. The highest BCUT2D eigenvalue weighted by Gasteiger charge is 2.22. The highest BCUT2D eigenvalue weighted by molar-refractivity contribution is 5.24. The summed E-state index contributed by atoms with van der Waals surface area (Å²) in [7, 11) is 0. The number of hydrogen-bond donors (Lipinski definition) is 0. The lowest BCUT2D eigenvalue weighted by Crippen LogP contribution is -2.30. The van der Waals surface area contributed by atoms with Crippen molar-refractivity contribution in [1.29, 1.82) is 0 Å². The molecule has 0 saturated carbocycles. The zero-order chi connectivity index (χ0) is 13.5. The Balaban J connectivity index is 1.84. The van der Waals surface area contributed by atoms with Gasteiger partial charge in [0.05, 0.1) is 19.3 Å². The van der Waals surface area contributed by atoms with Gasteiger partial charge in [-0.25, -0.2) is 0 Å². The van der Waals surface area contributed by atoms with Crippen LogP contribution in [0.15, 0.2) is 24.3 Å². The molecule has 0 bridgehead atoms. The summed E-state index contributed by atoms with van der Waals surface area (Å²) in [4.78, 5) is 0. The smallest absolute Gasteiger partial charge is 0.106 e. The van der Waals surface area contributed by atoms with E-state index in [1.54, 1.807) is 0 Å². The second-order valence-electron chi connectivity index (χ2n) is 5.38. The van der Waals surface area contributed by atoms with Gasteiger partial charge in [0.2, 0.25) is 0 Å². The molecule has 1 heterocycles. The van der Waals surface area contributed by atoms with E-state index in [2.05, 4.69) is 38.1 Å². The van der Waals surface area contributed by atoms with Crippen molar-refractivity contribution in [3.63, 3.8) is 0 Å². The fourth-order valence-electron chi connectivity index (χ4n) is 2.45. The lowest BCUT2D eigenvalue weighted by Gasteiger charge is -2.29. The average molecular weight is 262 g/mol. The van der Waals surface area contributed by atoms with Crippen molar-refractivity contribution >= 4 is 0 Å². The van der Waals surface area contributed by atoms with Crippen molar-refractivity contribution in [2.45, 2.75) is 58.2 Å². The third kappa shape index (κ3) is 4.32. The van der Waals surface area contributed by atoms with Crippen LogP contribution in [0.25, 0.3) is 0 Å².